The van der Waals surface area contributed by atoms with E-state index in [2.05, 4.69) is 19.1 Å². The zero-order chi connectivity index (χ0) is 16.5. The zero-order valence-electron chi connectivity index (χ0n) is 14.6. The van der Waals surface area contributed by atoms with Crippen molar-refractivity contribution in [3.05, 3.63) is 12.2 Å². The van der Waals surface area contributed by atoms with Gasteiger partial charge in [0, 0.05) is 22.9 Å². The first-order valence-corrected chi connectivity index (χ1v) is 10.4. The number of hydrogen-bond acceptors (Lipinski definition) is 2. The summed E-state index contributed by atoms with van der Waals surface area (Å²) in [6, 6.07) is 0. The van der Waals surface area contributed by atoms with Crippen molar-refractivity contribution in [2.45, 2.75) is 96.8 Å². The summed E-state index contributed by atoms with van der Waals surface area (Å²) in [5, 5.41) is 0. The number of rotatable bonds is 16. The molecule has 0 aromatic rings. The molecular weight excluding hydrogens is 354 g/mol. The van der Waals surface area contributed by atoms with Gasteiger partial charge in [-0.2, -0.15) is 0 Å². The van der Waals surface area contributed by atoms with E-state index in [0.29, 0.717) is 0 Å². The smallest absolute Gasteiger partial charge is 0.252 e. The van der Waals surface area contributed by atoms with Gasteiger partial charge in [-0.05, 0) is 32.1 Å². The zero-order valence-corrected chi connectivity index (χ0v) is 16.6. The molecule has 0 rings (SSSR count). The minimum Gasteiger partial charge on any atom is -0.341 e. The Morgan fingerprint density at radius 1 is 0.826 bits per heavy atom. The molecule has 0 radical (unpaired) electrons. The van der Waals surface area contributed by atoms with Crippen LogP contribution in [0.25, 0.3) is 0 Å². The molecule has 0 aromatic carbocycles. The summed E-state index contributed by atoms with van der Waals surface area (Å²) in [7, 11) is -2.93. The van der Waals surface area contributed by atoms with Crippen LogP contribution in [0.15, 0.2) is 12.2 Å². The maximum atomic E-state index is 11.0. The van der Waals surface area contributed by atoms with E-state index in [0.717, 1.165) is 25.7 Å². The van der Waals surface area contributed by atoms with Crippen LogP contribution in [0.1, 0.15) is 96.8 Å². The second kappa shape index (κ2) is 20.1. The van der Waals surface area contributed by atoms with Crippen molar-refractivity contribution in [3.8, 4) is 0 Å². The molecule has 5 heteroatoms. The average Bonchev–Trinajstić information content (AvgIpc) is 2.50. The van der Waals surface area contributed by atoms with Gasteiger partial charge in [-0.15, -0.1) is 0 Å². The Morgan fingerprint density at radius 2 is 1.26 bits per heavy atom. The van der Waals surface area contributed by atoms with Gasteiger partial charge in [-0.1, -0.05) is 70.4 Å². The molecule has 0 aliphatic carbocycles. The van der Waals surface area contributed by atoms with Crippen LogP contribution in [0.3, 0.4) is 0 Å². The molecule has 0 saturated heterocycles. The van der Waals surface area contributed by atoms with Crippen molar-refractivity contribution < 1.29 is 30.7 Å². The number of hydrogen-bond donors (Lipinski definition) is 1. The van der Waals surface area contributed by atoms with Gasteiger partial charge < -0.3 is 4.89 Å². The molecule has 0 spiro atoms. The third-order valence-corrected chi connectivity index (χ3v) is 4.63. The summed E-state index contributed by atoms with van der Waals surface area (Å²) in [4.78, 5) is 19.6. The van der Waals surface area contributed by atoms with Crippen molar-refractivity contribution in [2.75, 3.05) is 0 Å². The normalized spacial score (nSPS) is 12.3. The Hall–Kier alpha value is 0.0935. The van der Waals surface area contributed by atoms with Gasteiger partial charge in [0.15, 0.2) is 0 Å². The molecule has 1 N–H and O–H groups in total. The standard InChI is InChI=1S/C18H35O3P.Ni/c1-2-3-4-5-6-7-8-9-10-11-12-13-14-15-16-17-18(19)22(20)21;/h9-10,22H,2-8,11-17H2,1H3,(H,20,21);. The van der Waals surface area contributed by atoms with E-state index in [9.17, 15) is 9.36 Å². The van der Waals surface area contributed by atoms with E-state index in [1.54, 1.807) is 0 Å². The maximum Gasteiger partial charge on any atom is 0.252 e. The van der Waals surface area contributed by atoms with E-state index >= 15 is 0 Å². The van der Waals surface area contributed by atoms with E-state index in [1.165, 1.54) is 57.8 Å². The van der Waals surface area contributed by atoms with Gasteiger partial charge in [0.2, 0.25) is 5.52 Å². The van der Waals surface area contributed by atoms with Gasteiger partial charge in [0.25, 0.3) is 8.03 Å². The van der Waals surface area contributed by atoms with Gasteiger partial charge in [-0.3, -0.25) is 9.36 Å². The fraction of sp³-hybridized carbons (Fsp3) is 0.833. The molecule has 1 atom stereocenters. The predicted octanol–water partition coefficient (Wildman–Crippen LogP) is 6.02. The minimum atomic E-state index is -2.93. The van der Waals surface area contributed by atoms with Gasteiger partial charge in [0.05, 0.1) is 0 Å². The first-order chi connectivity index (χ1) is 10.7. The average molecular weight is 389 g/mol. The third-order valence-electron chi connectivity index (χ3n) is 3.90. The Kier molecular flexibility index (Phi) is 22.2. The summed E-state index contributed by atoms with van der Waals surface area (Å²) in [6.07, 6.45) is 20.7. The van der Waals surface area contributed by atoms with Crippen molar-refractivity contribution in [2.24, 2.45) is 0 Å². The molecule has 1 unspecified atom stereocenters. The summed E-state index contributed by atoms with van der Waals surface area (Å²) >= 11 is 0. The summed E-state index contributed by atoms with van der Waals surface area (Å²) in [5.41, 5.74) is -0.470. The second-order valence-electron chi connectivity index (χ2n) is 6.06. The maximum absolute atomic E-state index is 11.0. The fourth-order valence-electron chi connectivity index (χ4n) is 2.46. The quantitative estimate of drug-likeness (QED) is 0.152. The molecule has 0 fully saturated rings. The minimum absolute atomic E-state index is 0. The van der Waals surface area contributed by atoms with Crippen LogP contribution in [-0.4, -0.2) is 10.4 Å². The molecular formula is C18H35NiO3P. The fourth-order valence-corrected chi connectivity index (χ4v) is 2.85. The van der Waals surface area contributed by atoms with Crippen LogP contribution in [0.2, 0.25) is 0 Å². The topological polar surface area (TPSA) is 54.4 Å². The Balaban J connectivity index is 0. The van der Waals surface area contributed by atoms with E-state index in [-0.39, 0.29) is 22.9 Å². The molecule has 0 saturated carbocycles. The Bertz CT molecular complexity index is 319. The van der Waals surface area contributed by atoms with Gasteiger partial charge in [-0.25, -0.2) is 0 Å². The van der Waals surface area contributed by atoms with Crippen molar-refractivity contribution in [3.63, 3.8) is 0 Å². The van der Waals surface area contributed by atoms with Crippen LogP contribution in [0.4, 0.5) is 0 Å². The molecule has 0 aliphatic heterocycles. The van der Waals surface area contributed by atoms with Crippen molar-refractivity contribution in [1.29, 1.82) is 0 Å². The number of unbranched alkanes of at least 4 members (excludes halogenated alkanes) is 11. The number of carbonyl (C=O) groups excluding carboxylic acids is 1. The molecule has 0 amide bonds. The largest absolute Gasteiger partial charge is 0.341 e. The van der Waals surface area contributed by atoms with Crippen molar-refractivity contribution >= 4 is 13.6 Å². The second-order valence-corrected chi connectivity index (χ2v) is 7.23. The SMILES string of the molecule is CCCCCCCCC=CCCCCCCCC(=O)[PH](=O)O.[Ni]. The van der Waals surface area contributed by atoms with E-state index in [1.807, 2.05) is 0 Å². The Morgan fingerprint density at radius 3 is 1.74 bits per heavy atom. The number of carbonyl (C=O) groups is 1. The molecule has 3 nitrogen and oxygen atoms in total. The van der Waals surface area contributed by atoms with Gasteiger partial charge >= 0.3 is 0 Å². The molecule has 23 heavy (non-hydrogen) atoms. The van der Waals surface area contributed by atoms with Crippen LogP contribution < -0.4 is 0 Å². The van der Waals surface area contributed by atoms with Crippen LogP contribution in [0.5, 0.6) is 0 Å². The third kappa shape index (κ3) is 20.0. The van der Waals surface area contributed by atoms with Crippen LogP contribution in [0, 0.1) is 0 Å². The van der Waals surface area contributed by atoms with Gasteiger partial charge in [0.1, 0.15) is 0 Å². The predicted molar refractivity (Wildman–Crippen MR) is 95.7 cm³/mol. The molecule has 0 aliphatic rings. The van der Waals surface area contributed by atoms with Crippen molar-refractivity contribution in [1.82, 2.24) is 0 Å². The molecule has 0 aromatic heterocycles. The van der Waals surface area contributed by atoms with Crippen LogP contribution >= 0.6 is 8.03 Å². The number of allylic oxidation sites excluding steroid dienone is 2. The summed E-state index contributed by atoms with van der Waals surface area (Å²) in [5.74, 6) is 0. The van der Waals surface area contributed by atoms with E-state index in [4.69, 9.17) is 4.89 Å². The Labute approximate surface area is 153 Å². The van der Waals surface area contributed by atoms with Crippen LogP contribution in [-0.2, 0) is 25.9 Å². The first kappa shape index (κ1) is 25.3. The monoisotopic (exact) mass is 388 g/mol. The summed E-state index contributed by atoms with van der Waals surface area (Å²) < 4.78 is 10.5. The molecule has 0 bridgehead atoms. The molecule has 0 heterocycles. The molecule has 140 valence electrons. The summed E-state index contributed by atoms with van der Waals surface area (Å²) in [6.45, 7) is 2.25. The first-order valence-electron chi connectivity index (χ1n) is 9.09. The van der Waals surface area contributed by atoms with E-state index < -0.39 is 13.6 Å².